The SMILES string of the molecule is C[C@@H](Nc1c(C(N)=O)nnc2cc(-c3cccc(C(=O)N(C)C)c3)ccc12)C1CC1. The lowest BCUT2D eigenvalue weighted by Crippen LogP contribution is -2.23. The lowest BCUT2D eigenvalue weighted by Gasteiger charge is -2.18. The standard InChI is InChI=1S/C23H25N5O2/c1-13(14-7-8-14)25-20-18-10-9-16(12-19(18)26-27-21(20)22(24)29)15-5-4-6-17(11-15)23(30)28(2)3/h4-6,9-14H,7-8H2,1-3H3,(H2,24,29)(H,25,26)/t13-/m1/s1. The molecule has 1 aliphatic rings. The Labute approximate surface area is 175 Å². The van der Waals surface area contributed by atoms with Crippen LogP contribution in [0.15, 0.2) is 42.5 Å². The Morgan fingerprint density at radius 1 is 1.10 bits per heavy atom. The highest BCUT2D eigenvalue weighted by molar-refractivity contribution is 6.05. The molecule has 0 aliphatic heterocycles. The number of benzene rings is 2. The summed E-state index contributed by atoms with van der Waals surface area (Å²) in [5.41, 5.74) is 9.44. The van der Waals surface area contributed by atoms with Gasteiger partial charge in [-0.3, -0.25) is 9.59 Å². The van der Waals surface area contributed by atoms with Crippen LogP contribution in [-0.2, 0) is 0 Å². The van der Waals surface area contributed by atoms with Crippen LogP contribution >= 0.6 is 0 Å². The minimum absolute atomic E-state index is 0.0518. The van der Waals surface area contributed by atoms with Crippen molar-refractivity contribution >= 4 is 28.4 Å². The van der Waals surface area contributed by atoms with E-state index in [0.29, 0.717) is 22.7 Å². The van der Waals surface area contributed by atoms with Crippen molar-refractivity contribution in [2.45, 2.75) is 25.8 Å². The first kappa shape index (κ1) is 19.8. The third-order valence-corrected chi connectivity index (χ3v) is 5.55. The van der Waals surface area contributed by atoms with Gasteiger partial charge in [0.05, 0.1) is 11.2 Å². The molecular weight excluding hydrogens is 378 g/mol. The van der Waals surface area contributed by atoms with Crippen LogP contribution in [0.3, 0.4) is 0 Å². The summed E-state index contributed by atoms with van der Waals surface area (Å²) in [5.74, 6) is -0.0526. The summed E-state index contributed by atoms with van der Waals surface area (Å²) in [6.45, 7) is 2.11. The van der Waals surface area contributed by atoms with Crippen molar-refractivity contribution in [2.75, 3.05) is 19.4 Å². The van der Waals surface area contributed by atoms with E-state index in [1.165, 1.54) is 12.8 Å². The first-order valence-electron chi connectivity index (χ1n) is 10.0. The van der Waals surface area contributed by atoms with Crippen LogP contribution < -0.4 is 11.1 Å². The average molecular weight is 403 g/mol. The van der Waals surface area contributed by atoms with Gasteiger partial charge in [-0.1, -0.05) is 18.2 Å². The molecule has 0 saturated heterocycles. The number of nitrogens with one attached hydrogen (secondary N) is 1. The van der Waals surface area contributed by atoms with Crippen LogP contribution in [0.2, 0.25) is 0 Å². The number of fused-ring (bicyclic) bond motifs is 1. The smallest absolute Gasteiger partial charge is 0.271 e. The Hall–Kier alpha value is -3.48. The third kappa shape index (κ3) is 3.83. The second kappa shape index (κ2) is 7.74. The van der Waals surface area contributed by atoms with E-state index in [1.807, 2.05) is 36.4 Å². The molecule has 2 aromatic carbocycles. The summed E-state index contributed by atoms with van der Waals surface area (Å²) < 4.78 is 0. The predicted octanol–water partition coefficient (Wildman–Crippen LogP) is 3.31. The number of aromatic nitrogens is 2. The molecule has 7 nitrogen and oxygen atoms in total. The quantitative estimate of drug-likeness (QED) is 0.658. The lowest BCUT2D eigenvalue weighted by atomic mass is 10.0. The zero-order valence-corrected chi connectivity index (χ0v) is 17.3. The maximum atomic E-state index is 12.3. The lowest BCUT2D eigenvalue weighted by molar-refractivity contribution is 0.0827. The molecule has 2 amide bonds. The maximum Gasteiger partial charge on any atom is 0.271 e. The molecule has 1 atom stereocenters. The number of hydrogen-bond acceptors (Lipinski definition) is 5. The molecule has 154 valence electrons. The summed E-state index contributed by atoms with van der Waals surface area (Å²) in [5, 5.41) is 12.6. The molecule has 1 saturated carbocycles. The van der Waals surface area contributed by atoms with E-state index < -0.39 is 5.91 Å². The van der Waals surface area contributed by atoms with Crippen molar-refractivity contribution in [2.24, 2.45) is 11.7 Å². The van der Waals surface area contributed by atoms with Gasteiger partial charge < -0.3 is 16.0 Å². The van der Waals surface area contributed by atoms with Gasteiger partial charge in [0, 0.05) is 31.1 Å². The highest BCUT2D eigenvalue weighted by atomic mass is 16.2. The fourth-order valence-corrected chi connectivity index (χ4v) is 3.64. The van der Waals surface area contributed by atoms with Crippen molar-refractivity contribution < 1.29 is 9.59 Å². The topological polar surface area (TPSA) is 101 Å². The van der Waals surface area contributed by atoms with E-state index in [1.54, 1.807) is 25.1 Å². The summed E-state index contributed by atoms with van der Waals surface area (Å²) in [7, 11) is 3.46. The van der Waals surface area contributed by atoms with E-state index >= 15 is 0 Å². The van der Waals surface area contributed by atoms with Gasteiger partial charge in [0.2, 0.25) is 0 Å². The zero-order valence-electron chi connectivity index (χ0n) is 17.3. The Morgan fingerprint density at radius 2 is 1.83 bits per heavy atom. The molecule has 1 heterocycles. The van der Waals surface area contributed by atoms with Crippen molar-refractivity contribution in [1.82, 2.24) is 15.1 Å². The van der Waals surface area contributed by atoms with Gasteiger partial charge in [0.15, 0.2) is 5.69 Å². The molecule has 1 aromatic heterocycles. The fourth-order valence-electron chi connectivity index (χ4n) is 3.64. The van der Waals surface area contributed by atoms with Gasteiger partial charge >= 0.3 is 0 Å². The molecule has 3 N–H and O–H groups in total. The summed E-state index contributed by atoms with van der Waals surface area (Å²) in [6.07, 6.45) is 2.37. The second-order valence-electron chi connectivity index (χ2n) is 8.07. The van der Waals surface area contributed by atoms with Crippen LogP contribution in [0.5, 0.6) is 0 Å². The zero-order chi connectivity index (χ0) is 21.4. The van der Waals surface area contributed by atoms with Gasteiger partial charge in [-0.05, 0) is 61.1 Å². The van der Waals surface area contributed by atoms with Gasteiger partial charge in [0.1, 0.15) is 0 Å². The van der Waals surface area contributed by atoms with Crippen LogP contribution in [0.1, 0.15) is 40.6 Å². The van der Waals surface area contributed by atoms with Crippen LogP contribution in [0, 0.1) is 5.92 Å². The highest BCUT2D eigenvalue weighted by Gasteiger charge is 2.29. The monoisotopic (exact) mass is 403 g/mol. The summed E-state index contributed by atoms with van der Waals surface area (Å²) in [4.78, 5) is 25.8. The molecule has 0 radical (unpaired) electrons. The molecule has 0 spiro atoms. The second-order valence-corrected chi connectivity index (χ2v) is 8.07. The van der Waals surface area contributed by atoms with Crippen molar-refractivity contribution in [3.8, 4) is 11.1 Å². The Balaban J connectivity index is 1.76. The van der Waals surface area contributed by atoms with Gasteiger partial charge in [0.25, 0.3) is 11.8 Å². The number of rotatable bonds is 6. The van der Waals surface area contributed by atoms with E-state index in [-0.39, 0.29) is 17.6 Å². The van der Waals surface area contributed by atoms with Gasteiger partial charge in [-0.2, -0.15) is 0 Å². The van der Waals surface area contributed by atoms with Crippen LogP contribution in [0.25, 0.3) is 22.0 Å². The average Bonchev–Trinajstić information content (AvgIpc) is 3.58. The molecule has 0 bridgehead atoms. The fraction of sp³-hybridized carbons (Fsp3) is 0.304. The normalized spacial score (nSPS) is 14.4. The minimum Gasteiger partial charge on any atom is -0.380 e. The van der Waals surface area contributed by atoms with Crippen LogP contribution in [0.4, 0.5) is 5.69 Å². The highest BCUT2D eigenvalue weighted by Crippen LogP contribution is 2.36. The molecule has 4 rings (SSSR count). The number of nitrogens with zero attached hydrogens (tertiary/aromatic N) is 3. The van der Waals surface area contributed by atoms with Crippen LogP contribution in [-0.4, -0.2) is 47.0 Å². The van der Waals surface area contributed by atoms with E-state index in [2.05, 4.69) is 22.4 Å². The number of carbonyl (C=O) groups is 2. The minimum atomic E-state index is -0.603. The van der Waals surface area contributed by atoms with E-state index in [0.717, 1.165) is 16.5 Å². The predicted molar refractivity (Wildman–Crippen MR) is 117 cm³/mol. The number of amides is 2. The number of anilines is 1. The summed E-state index contributed by atoms with van der Waals surface area (Å²) in [6, 6.07) is 13.5. The molecule has 3 aromatic rings. The first-order valence-corrected chi connectivity index (χ1v) is 10.0. The molecular formula is C23H25N5O2. The number of nitrogens with two attached hydrogens (primary N) is 1. The van der Waals surface area contributed by atoms with Crippen molar-refractivity contribution in [3.63, 3.8) is 0 Å². The number of primary amides is 1. The Morgan fingerprint density at radius 3 is 2.50 bits per heavy atom. The van der Waals surface area contributed by atoms with E-state index in [4.69, 9.17) is 5.73 Å². The third-order valence-electron chi connectivity index (χ3n) is 5.55. The van der Waals surface area contributed by atoms with E-state index in [9.17, 15) is 9.59 Å². The van der Waals surface area contributed by atoms with Gasteiger partial charge in [-0.25, -0.2) is 0 Å². The van der Waals surface area contributed by atoms with Gasteiger partial charge in [-0.15, -0.1) is 10.2 Å². The summed E-state index contributed by atoms with van der Waals surface area (Å²) >= 11 is 0. The number of hydrogen-bond donors (Lipinski definition) is 2. The van der Waals surface area contributed by atoms with Crippen molar-refractivity contribution in [1.29, 1.82) is 0 Å². The molecule has 1 fully saturated rings. The molecule has 7 heteroatoms. The maximum absolute atomic E-state index is 12.3. The molecule has 0 unspecified atom stereocenters. The molecule has 30 heavy (non-hydrogen) atoms. The largest absolute Gasteiger partial charge is 0.380 e. The number of carbonyl (C=O) groups excluding carboxylic acids is 2. The van der Waals surface area contributed by atoms with Crippen molar-refractivity contribution in [3.05, 3.63) is 53.7 Å². The Bertz CT molecular complexity index is 1140. The Kier molecular flexibility index (Phi) is 5.11. The first-order chi connectivity index (χ1) is 14.3. The molecule has 1 aliphatic carbocycles.